The van der Waals surface area contributed by atoms with Crippen LogP contribution in [-0.4, -0.2) is 27.6 Å². The molecule has 0 amide bonds. The molecule has 0 aliphatic carbocycles. The Kier molecular flexibility index (Phi) is 4.46. The first-order valence-electron chi connectivity index (χ1n) is 5.86. The first-order valence-corrected chi connectivity index (χ1v) is 6.84. The fourth-order valence-corrected chi connectivity index (χ4v) is 2.54. The highest BCUT2D eigenvalue weighted by Gasteiger charge is 2.12. The fourth-order valence-electron chi connectivity index (χ4n) is 1.64. The summed E-state index contributed by atoms with van der Waals surface area (Å²) in [5.74, 6) is 0.213. The van der Waals surface area contributed by atoms with Crippen molar-refractivity contribution >= 4 is 11.8 Å². The number of H-pyrrole nitrogens is 1. The van der Waals surface area contributed by atoms with Crippen LogP contribution in [0.3, 0.4) is 0 Å². The molecule has 6 nitrogen and oxygen atoms in total. The molecule has 1 aromatic carbocycles. The number of methoxy groups -OCH3 is 1. The Balaban J connectivity index is 2.05. The van der Waals surface area contributed by atoms with E-state index in [1.807, 2.05) is 0 Å². The Morgan fingerprint density at radius 3 is 2.90 bits per heavy atom. The summed E-state index contributed by atoms with van der Waals surface area (Å²) in [5, 5.41) is 6.75. The Morgan fingerprint density at radius 2 is 2.35 bits per heavy atom. The number of hydrogen-bond donors (Lipinski definition) is 2. The fraction of sp³-hybridized carbons (Fsp3) is 0.333. The van der Waals surface area contributed by atoms with E-state index in [1.165, 1.54) is 29.5 Å². The van der Waals surface area contributed by atoms with Crippen molar-refractivity contribution < 1.29 is 9.13 Å². The van der Waals surface area contributed by atoms with Gasteiger partial charge in [-0.05, 0) is 17.7 Å². The van der Waals surface area contributed by atoms with Crippen LogP contribution in [0, 0.1) is 5.82 Å². The van der Waals surface area contributed by atoms with E-state index in [4.69, 9.17) is 10.5 Å². The van der Waals surface area contributed by atoms with Gasteiger partial charge in [-0.3, -0.25) is 4.57 Å². The maximum Gasteiger partial charge on any atom is 0.343 e. The first kappa shape index (κ1) is 14.6. The van der Waals surface area contributed by atoms with Gasteiger partial charge in [0, 0.05) is 18.8 Å². The molecule has 0 saturated carbocycles. The van der Waals surface area contributed by atoms with Crippen molar-refractivity contribution in [3.63, 3.8) is 0 Å². The van der Waals surface area contributed by atoms with E-state index >= 15 is 0 Å². The van der Waals surface area contributed by atoms with Gasteiger partial charge in [0.05, 0.1) is 7.11 Å². The van der Waals surface area contributed by atoms with Crippen molar-refractivity contribution in [2.24, 2.45) is 12.8 Å². The Hall–Kier alpha value is -1.80. The molecule has 2 rings (SSSR count). The predicted octanol–water partition coefficient (Wildman–Crippen LogP) is 1.05. The Bertz CT molecular complexity index is 655. The quantitative estimate of drug-likeness (QED) is 0.806. The van der Waals surface area contributed by atoms with Crippen LogP contribution >= 0.6 is 11.8 Å². The van der Waals surface area contributed by atoms with Crippen LogP contribution in [0.4, 0.5) is 4.39 Å². The number of nitrogens with zero attached hydrogens (tertiary/aromatic N) is 2. The van der Waals surface area contributed by atoms with Crippen molar-refractivity contribution in [2.75, 3.05) is 12.9 Å². The van der Waals surface area contributed by atoms with Crippen LogP contribution in [0.5, 0.6) is 5.75 Å². The number of thioether (sulfide) groups is 1. The zero-order valence-electron chi connectivity index (χ0n) is 11.1. The molecule has 1 atom stereocenters. The molecule has 0 radical (unpaired) electrons. The maximum absolute atomic E-state index is 13.6. The van der Waals surface area contributed by atoms with Crippen LogP contribution in [0.25, 0.3) is 0 Å². The van der Waals surface area contributed by atoms with Crippen LogP contribution < -0.4 is 16.2 Å². The molecule has 20 heavy (non-hydrogen) atoms. The summed E-state index contributed by atoms with van der Waals surface area (Å²) in [6.45, 7) is 0. The number of ether oxygens (including phenoxy) is 1. The molecule has 8 heteroatoms. The lowest BCUT2D eigenvalue weighted by atomic mass is 10.1. The third-order valence-corrected chi connectivity index (χ3v) is 3.98. The second kappa shape index (κ2) is 6.10. The van der Waals surface area contributed by atoms with Crippen LogP contribution in [0.15, 0.2) is 28.2 Å². The highest BCUT2D eigenvalue weighted by atomic mass is 32.2. The minimum absolute atomic E-state index is 0.184. The highest BCUT2D eigenvalue weighted by molar-refractivity contribution is 7.99. The van der Waals surface area contributed by atoms with E-state index in [1.54, 1.807) is 19.2 Å². The summed E-state index contributed by atoms with van der Waals surface area (Å²) >= 11 is 1.33. The minimum atomic E-state index is -0.447. The number of nitrogens with two attached hydrogens (primary N) is 1. The van der Waals surface area contributed by atoms with E-state index in [0.717, 1.165) is 0 Å². The van der Waals surface area contributed by atoms with Crippen molar-refractivity contribution in [3.8, 4) is 5.75 Å². The minimum Gasteiger partial charge on any atom is -0.494 e. The average Bonchev–Trinajstić information content (AvgIpc) is 2.76. The summed E-state index contributed by atoms with van der Waals surface area (Å²) in [6.07, 6.45) is 0. The van der Waals surface area contributed by atoms with Gasteiger partial charge in [0.2, 0.25) is 0 Å². The monoisotopic (exact) mass is 298 g/mol. The molecule has 1 heterocycles. The van der Waals surface area contributed by atoms with E-state index in [9.17, 15) is 9.18 Å². The predicted molar refractivity (Wildman–Crippen MR) is 74.4 cm³/mol. The van der Waals surface area contributed by atoms with E-state index in [0.29, 0.717) is 16.5 Å². The second-order valence-electron chi connectivity index (χ2n) is 4.18. The van der Waals surface area contributed by atoms with Gasteiger partial charge in [-0.15, -0.1) is 5.10 Å². The molecular weight excluding hydrogens is 283 g/mol. The van der Waals surface area contributed by atoms with Crippen LogP contribution in [-0.2, 0) is 7.05 Å². The highest BCUT2D eigenvalue weighted by Crippen LogP contribution is 2.24. The zero-order chi connectivity index (χ0) is 14.7. The van der Waals surface area contributed by atoms with E-state index in [-0.39, 0.29) is 17.5 Å². The van der Waals surface area contributed by atoms with Crippen molar-refractivity contribution in [1.82, 2.24) is 14.8 Å². The molecule has 0 aliphatic heterocycles. The standard InChI is InChI=1S/C12H15FN4O2S/c1-17-11(18)15-16-12(17)20-6-9(14)7-3-4-10(19-2)8(13)5-7/h3-5,9H,6,14H2,1-2H3,(H,15,18). The van der Waals surface area contributed by atoms with E-state index < -0.39 is 5.82 Å². The Labute approximate surface area is 119 Å². The molecule has 0 saturated heterocycles. The summed E-state index contributed by atoms with van der Waals surface area (Å²) in [6, 6.07) is 4.25. The number of rotatable bonds is 5. The second-order valence-corrected chi connectivity index (χ2v) is 5.17. The summed E-state index contributed by atoms with van der Waals surface area (Å²) in [7, 11) is 3.03. The summed E-state index contributed by atoms with van der Waals surface area (Å²) in [5.41, 5.74) is 6.39. The van der Waals surface area contributed by atoms with Crippen molar-refractivity contribution in [2.45, 2.75) is 11.2 Å². The first-order chi connectivity index (χ1) is 9.52. The number of aromatic amines is 1. The van der Waals surface area contributed by atoms with Crippen molar-refractivity contribution in [1.29, 1.82) is 0 Å². The molecule has 1 aromatic heterocycles. The number of benzene rings is 1. The van der Waals surface area contributed by atoms with Gasteiger partial charge >= 0.3 is 5.69 Å². The normalized spacial score (nSPS) is 12.4. The lowest BCUT2D eigenvalue weighted by Crippen LogP contribution is -2.15. The molecular formula is C12H15FN4O2S. The summed E-state index contributed by atoms with van der Waals surface area (Å²) in [4.78, 5) is 11.2. The number of aromatic nitrogens is 3. The number of nitrogens with one attached hydrogen (secondary N) is 1. The van der Waals surface area contributed by atoms with Crippen LogP contribution in [0.1, 0.15) is 11.6 Å². The van der Waals surface area contributed by atoms with Gasteiger partial charge in [-0.25, -0.2) is 14.3 Å². The topological polar surface area (TPSA) is 85.9 Å². The molecule has 3 N–H and O–H groups in total. The molecule has 0 aliphatic rings. The van der Waals surface area contributed by atoms with Crippen molar-refractivity contribution in [3.05, 3.63) is 40.1 Å². The summed E-state index contributed by atoms with van der Waals surface area (Å²) < 4.78 is 19.8. The Morgan fingerprint density at radius 1 is 1.60 bits per heavy atom. The number of hydrogen-bond acceptors (Lipinski definition) is 5. The zero-order valence-corrected chi connectivity index (χ0v) is 11.9. The molecule has 108 valence electrons. The lowest BCUT2D eigenvalue weighted by molar-refractivity contribution is 0.386. The van der Waals surface area contributed by atoms with Gasteiger partial charge in [-0.1, -0.05) is 17.8 Å². The number of halogens is 1. The smallest absolute Gasteiger partial charge is 0.343 e. The molecule has 2 aromatic rings. The molecule has 1 unspecified atom stereocenters. The van der Waals surface area contributed by atoms with Gasteiger partial charge in [-0.2, -0.15) is 0 Å². The van der Waals surface area contributed by atoms with Crippen LogP contribution in [0.2, 0.25) is 0 Å². The maximum atomic E-state index is 13.6. The van der Waals surface area contributed by atoms with Gasteiger partial charge in [0.25, 0.3) is 0 Å². The largest absolute Gasteiger partial charge is 0.494 e. The molecule has 0 bridgehead atoms. The third-order valence-electron chi connectivity index (χ3n) is 2.83. The SMILES string of the molecule is COc1ccc(C(N)CSc2n[nH]c(=O)n2C)cc1F. The average molecular weight is 298 g/mol. The molecule has 0 spiro atoms. The van der Waals surface area contributed by atoms with Gasteiger partial charge in [0.15, 0.2) is 16.7 Å². The van der Waals surface area contributed by atoms with Gasteiger partial charge < -0.3 is 10.5 Å². The van der Waals surface area contributed by atoms with E-state index in [2.05, 4.69) is 10.2 Å². The third kappa shape index (κ3) is 3.02. The molecule has 0 fully saturated rings. The van der Waals surface area contributed by atoms with Gasteiger partial charge in [0.1, 0.15) is 0 Å². The lowest BCUT2D eigenvalue weighted by Gasteiger charge is -2.12.